The summed E-state index contributed by atoms with van der Waals surface area (Å²) in [5, 5.41) is 22.2. The van der Waals surface area contributed by atoms with Gasteiger partial charge >= 0.3 is 5.97 Å². The fraction of sp³-hybridized carbons (Fsp3) is 0.500. The first-order chi connectivity index (χ1) is 25.0. The Bertz CT molecular complexity index is 1610. The van der Waals surface area contributed by atoms with E-state index in [0.717, 1.165) is 56.1 Å². The summed E-state index contributed by atoms with van der Waals surface area (Å²) in [4.78, 5) is 90.5. The quantitative estimate of drug-likeness (QED) is 0.106. The van der Waals surface area contributed by atoms with Gasteiger partial charge in [0.15, 0.2) is 11.8 Å². The van der Waals surface area contributed by atoms with Crippen LogP contribution in [0, 0.1) is 5.92 Å². The maximum absolute atomic E-state index is 14.0. The van der Waals surface area contributed by atoms with Gasteiger partial charge in [0.05, 0.1) is 12.6 Å². The van der Waals surface area contributed by atoms with Gasteiger partial charge in [0.25, 0.3) is 5.91 Å². The molecule has 4 atom stereocenters. The fourth-order valence-corrected chi connectivity index (χ4v) is 7.14. The largest absolute Gasteiger partial charge is 0.479 e. The normalized spacial score (nSPS) is 16.5. The lowest BCUT2D eigenvalue weighted by atomic mass is 9.82. The summed E-state index contributed by atoms with van der Waals surface area (Å²) in [6.07, 6.45) is 8.63. The third-order valence-corrected chi connectivity index (χ3v) is 9.78. The molecule has 2 aromatic rings. The second kappa shape index (κ2) is 19.6. The van der Waals surface area contributed by atoms with Crippen LogP contribution in [0.2, 0.25) is 0 Å². The van der Waals surface area contributed by atoms with E-state index in [1.807, 2.05) is 12.1 Å². The highest BCUT2D eigenvalue weighted by molar-refractivity contribution is 6.57. The van der Waals surface area contributed by atoms with Crippen molar-refractivity contribution in [2.45, 2.75) is 108 Å². The van der Waals surface area contributed by atoms with Crippen LogP contribution < -0.4 is 26.6 Å². The maximum atomic E-state index is 14.0. The lowest BCUT2D eigenvalue weighted by molar-refractivity contribution is -0.142. The van der Waals surface area contributed by atoms with Gasteiger partial charge in [-0.25, -0.2) is 4.79 Å². The first-order valence-corrected chi connectivity index (χ1v) is 18.1. The molecule has 276 valence electrons. The predicted molar refractivity (Wildman–Crippen MR) is 193 cm³/mol. The van der Waals surface area contributed by atoms with E-state index in [-0.39, 0.29) is 18.8 Å². The van der Waals surface area contributed by atoms with E-state index in [4.69, 9.17) is 7.85 Å². The summed E-state index contributed by atoms with van der Waals surface area (Å²) >= 11 is 0. The van der Waals surface area contributed by atoms with E-state index in [1.54, 1.807) is 25.1 Å². The van der Waals surface area contributed by atoms with Gasteiger partial charge in [0, 0.05) is 6.42 Å². The van der Waals surface area contributed by atoms with E-state index in [1.165, 1.54) is 17.7 Å². The molecule has 2 aliphatic rings. The standard InChI is InChI=1S/C38H48BN5O8/c1-2-12-28(33(46)36(49)40-22-30(45)43-32(37(50)51)25-16-7-4-8-17-25)41-34(47)29(21-26-19-11-18-23-13-9-10-20-27(23)26)42-35(48)31(44-38(39)52)24-14-5-3-6-15-24/h4,7-8,11,16-19,24,28-29,31-32H,2-3,5-6,9-10,12-15,20-22H2,1H3,(H,40,49)(H,41,47)(H,42,48)(H,43,45)(H,44,52)(H,50,51)/t28?,29-,31-,32-/m0/s1. The Morgan fingerprint density at radius 3 is 2.15 bits per heavy atom. The zero-order chi connectivity index (χ0) is 37.6. The number of amides is 5. The van der Waals surface area contributed by atoms with Crippen molar-refractivity contribution >= 4 is 49.0 Å². The molecule has 0 aromatic heterocycles. The number of fused-ring (bicyclic) bond motifs is 1. The predicted octanol–water partition coefficient (Wildman–Crippen LogP) is 2.33. The number of aliphatic carboxylic acids is 1. The van der Waals surface area contributed by atoms with Crippen molar-refractivity contribution in [2.75, 3.05) is 6.54 Å². The number of carboxylic acid groups (broad SMARTS) is 1. The number of hydrogen-bond acceptors (Lipinski definition) is 7. The molecule has 1 saturated carbocycles. The number of carbonyl (C=O) groups is 7. The number of ketones is 1. The summed E-state index contributed by atoms with van der Waals surface area (Å²) in [6.45, 7) is 1.09. The Morgan fingerprint density at radius 1 is 0.788 bits per heavy atom. The summed E-state index contributed by atoms with van der Waals surface area (Å²) in [5.74, 6) is -6.54. The molecule has 0 bridgehead atoms. The molecule has 4 rings (SSSR count). The van der Waals surface area contributed by atoms with Crippen molar-refractivity contribution < 1.29 is 38.7 Å². The Kier molecular flexibility index (Phi) is 15.0. The summed E-state index contributed by atoms with van der Waals surface area (Å²) < 4.78 is 0. The summed E-state index contributed by atoms with van der Waals surface area (Å²) in [6, 6.07) is 9.13. The van der Waals surface area contributed by atoms with Crippen molar-refractivity contribution in [1.29, 1.82) is 0 Å². The first kappa shape index (κ1) is 39.8. The van der Waals surface area contributed by atoms with Crippen LogP contribution in [0.4, 0.5) is 4.79 Å². The molecular weight excluding hydrogens is 665 g/mol. The van der Waals surface area contributed by atoms with Gasteiger partial charge in [-0.3, -0.25) is 28.8 Å². The van der Waals surface area contributed by atoms with Crippen molar-refractivity contribution in [3.8, 4) is 0 Å². The van der Waals surface area contributed by atoms with E-state index < -0.39 is 71.9 Å². The van der Waals surface area contributed by atoms with E-state index >= 15 is 0 Å². The summed E-state index contributed by atoms with van der Waals surface area (Å²) in [7, 11) is 5.46. The molecule has 2 aromatic carbocycles. The van der Waals surface area contributed by atoms with Crippen LogP contribution in [0.25, 0.3) is 0 Å². The van der Waals surface area contributed by atoms with Gasteiger partial charge < -0.3 is 31.7 Å². The van der Waals surface area contributed by atoms with Gasteiger partial charge in [0.2, 0.25) is 31.4 Å². The number of nitrogens with one attached hydrogen (secondary N) is 5. The first-order valence-electron chi connectivity index (χ1n) is 18.1. The molecular formula is C38H48BN5O8. The minimum absolute atomic E-state index is 0.0919. The lowest BCUT2D eigenvalue weighted by Crippen LogP contribution is -2.59. The van der Waals surface area contributed by atoms with E-state index in [0.29, 0.717) is 24.8 Å². The van der Waals surface area contributed by atoms with Gasteiger partial charge in [-0.15, -0.1) is 0 Å². The minimum Gasteiger partial charge on any atom is -0.479 e. The van der Waals surface area contributed by atoms with E-state index in [9.17, 15) is 38.7 Å². The number of benzene rings is 2. The average Bonchev–Trinajstić information content (AvgIpc) is 3.14. The van der Waals surface area contributed by atoms with Gasteiger partial charge in [-0.1, -0.05) is 81.1 Å². The minimum atomic E-state index is -1.37. The number of aryl methyl sites for hydroxylation is 1. The molecule has 2 radical (unpaired) electrons. The topological polar surface area (TPSA) is 200 Å². The number of rotatable bonds is 17. The number of hydrogen-bond donors (Lipinski definition) is 6. The molecule has 6 N–H and O–H groups in total. The molecule has 14 heteroatoms. The molecule has 0 saturated heterocycles. The number of carbonyl (C=O) groups excluding carboxylic acids is 6. The van der Waals surface area contributed by atoms with Gasteiger partial charge in [0.1, 0.15) is 12.1 Å². The smallest absolute Gasteiger partial charge is 0.330 e. The Labute approximate surface area is 305 Å². The highest BCUT2D eigenvalue weighted by atomic mass is 16.4. The lowest BCUT2D eigenvalue weighted by Gasteiger charge is -2.32. The van der Waals surface area contributed by atoms with Crippen LogP contribution in [-0.4, -0.2) is 78.8 Å². The van der Waals surface area contributed by atoms with Crippen LogP contribution in [0.1, 0.15) is 93.0 Å². The van der Waals surface area contributed by atoms with Crippen LogP contribution >= 0.6 is 0 Å². The molecule has 0 aliphatic heterocycles. The molecule has 0 heterocycles. The molecule has 5 amide bonds. The molecule has 1 fully saturated rings. The monoisotopic (exact) mass is 713 g/mol. The fourth-order valence-electron chi connectivity index (χ4n) is 7.14. The number of carboxylic acids is 1. The Balaban J connectivity index is 1.49. The second-order valence-electron chi connectivity index (χ2n) is 13.6. The molecule has 0 spiro atoms. The molecule has 2 aliphatic carbocycles. The third kappa shape index (κ3) is 11.2. The molecule has 13 nitrogen and oxygen atoms in total. The van der Waals surface area contributed by atoms with Crippen molar-refractivity contribution in [2.24, 2.45) is 5.92 Å². The van der Waals surface area contributed by atoms with Crippen molar-refractivity contribution in [3.63, 3.8) is 0 Å². The molecule has 52 heavy (non-hydrogen) atoms. The van der Waals surface area contributed by atoms with Crippen LogP contribution in [0.3, 0.4) is 0 Å². The SMILES string of the molecule is [B]C(=O)N[C@H](C(=O)N[C@@H](Cc1cccc2c1CCCC2)C(=O)NC(CCC)C(=O)C(=O)NCC(=O)N[C@H](C(=O)O)c1ccccc1)C1CCCCC1. The highest BCUT2D eigenvalue weighted by Gasteiger charge is 2.35. The van der Waals surface area contributed by atoms with Crippen LogP contribution in [-0.2, 0) is 48.0 Å². The molecule has 1 unspecified atom stereocenters. The van der Waals surface area contributed by atoms with Gasteiger partial charge in [-0.05, 0) is 73.1 Å². The second-order valence-corrected chi connectivity index (χ2v) is 13.6. The zero-order valence-corrected chi connectivity index (χ0v) is 29.6. The van der Waals surface area contributed by atoms with Crippen molar-refractivity contribution in [3.05, 3.63) is 70.8 Å². The number of Topliss-reactive ketones (excluding diaryl/α,β-unsaturated/α-hetero) is 1. The van der Waals surface area contributed by atoms with Crippen LogP contribution in [0.15, 0.2) is 48.5 Å². The average molecular weight is 714 g/mol. The van der Waals surface area contributed by atoms with Crippen LogP contribution in [0.5, 0.6) is 0 Å². The Morgan fingerprint density at radius 2 is 1.48 bits per heavy atom. The highest BCUT2D eigenvalue weighted by Crippen LogP contribution is 2.28. The Hall–Kier alpha value is -5.01. The van der Waals surface area contributed by atoms with E-state index in [2.05, 4.69) is 32.7 Å². The van der Waals surface area contributed by atoms with Gasteiger partial charge in [-0.2, -0.15) is 0 Å². The summed E-state index contributed by atoms with van der Waals surface area (Å²) in [5.41, 5.74) is 3.51. The maximum Gasteiger partial charge on any atom is 0.330 e. The zero-order valence-electron chi connectivity index (χ0n) is 29.6. The third-order valence-electron chi connectivity index (χ3n) is 9.78. The van der Waals surface area contributed by atoms with Crippen molar-refractivity contribution in [1.82, 2.24) is 26.6 Å².